The van der Waals surface area contributed by atoms with Gasteiger partial charge in [0.2, 0.25) is 5.95 Å². The first kappa shape index (κ1) is 19.8. The molecule has 3 aromatic rings. The summed E-state index contributed by atoms with van der Waals surface area (Å²) in [6.45, 7) is 3.29. The zero-order valence-electron chi connectivity index (χ0n) is 16.6. The number of likely N-dealkylation sites (tertiary alicyclic amines) is 1. The van der Waals surface area contributed by atoms with Gasteiger partial charge in [0.15, 0.2) is 0 Å². The highest BCUT2D eigenvalue weighted by Gasteiger charge is 2.16. The molecule has 2 aromatic heterocycles. The van der Waals surface area contributed by atoms with E-state index in [-0.39, 0.29) is 0 Å². The molecule has 6 nitrogen and oxygen atoms in total. The Hall–Kier alpha value is -2.51. The van der Waals surface area contributed by atoms with Gasteiger partial charge in [-0.25, -0.2) is 14.8 Å². The summed E-state index contributed by atoms with van der Waals surface area (Å²) in [5, 5.41) is 13.5. The van der Waals surface area contributed by atoms with Crippen molar-refractivity contribution in [2.24, 2.45) is 5.92 Å². The predicted molar refractivity (Wildman–Crippen MR) is 118 cm³/mol. The zero-order valence-corrected chi connectivity index (χ0v) is 17.4. The molecule has 29 heavy (non-hydrogen) atoms. The quantitative estimate of drug-likeness (QED) is 0.555. The molecule has 3 heterocycles. The third-order valence-corrected chi connectivity index (χ3v) is 6.73. The second-order valence-electron chi connectivity index (χ2n) is 7.71. The van der Waals surface area contributed by atoms with Gasteiger partial charge in [-0.2, -0.15) is 0 Å². The average molecular weight is 411 g/mol. The highest BCUT2D eigenvalue weighted by atomic mass is 32.1. The van der Waals surface area contributed by atoms with Crippen LogP contribution < -0.4 is 5.32 Å². The summed E-state index contributed by atoms with van der Waals surface area (Å²) in [4.78, 5) is 23.8. The molecule has 0 radical (unpaired) electrons. The summed E-state index contributed by atoms with van der Waals surface area (Å²) in [6.07, 6.45) is 6.71. The second kappa shape index (κ2) is 8.88. The van der Waals surface area contributed by atoms with E-state index in [1.807, 2.05) is 18.2 Å². The fourth-order valence-electron chi connectivity index (χ4n) is 3.90. The third-order valence-electron chi connectivity index (χ3n) is 5.61. The van der Waals surface area contributed by atoms with Crippen molar-refractivity contribution in [3.05, 3.63) is 42.1 Å². The summed E-state index contributed by atoms with van der Waals surface area (Å²) >= 11 is 1.55. The number of rotatable bonds is 7. The average Bonchev–Trinajstić information content (AvgIpc) is 3.17. The lowest BCUT2D eigenvalue weighted by molar-refractivity contribution is 0.0699. The van der Waals surface area contributed by atoms with Crippen LogP contribution in [0.5, 0.6) is 0 Å². The van der Waals surface area contributed by atoms with E-state index >= 15 is 0 Å². The summed E-state index contributed by atoms with van der Waals surface area (Å²) in [5.74, 6) is 0.554. The van der Waals surface area contributed by atoms with E-state index < -0.39 is 5.97 Å². The van der Waals surface area contributed by atoms with Crippen LogP contribution in [0.4, 0.5) is 5.95 Å². The van der Waals surface area contributed by atoms with Crippen molar-refractivity contribution < 1.29 is 9.90 Å². The first-order valence-corrected chi connectivity index (χ1v) is 10.9. The van der Waals surface area contributed by atoms with E-state index in [0.717, 1.165) is 39.5 Å². The van der Waals surface area contributed by atoms with Gasteiger partial charge in [-0.05, 0) is 76.0 Å². The number of piperidine rings is 1. The van der Waals surface area contributed by atoms with E-state index in [9.17, 15) is 9.90 Å². The van der Waals surface area contributed by atoms with Crippen LogP contribution in [0, 0.1) is 5.92 Å². The molecule has 0 amide bonds. The van der Waals surface area contributed by atoms with Crippen molar-refractivity contribution in [2.75, 3.05) is 32.0 Å². The van der Waals surface area contributed by atoms with E-state index in [1.54, 1.807) is 29.7 Å². The number of carbonyl (C=O) groups is 1. The zero-order chi connectivity index (χ0) is 20.2. The van der Waals surface area contributed by atoms with Crippen LogP contribution in [0.1, 0.15) is 36.0 Å². The second-order valence-corrected chi connectivity index (χ2v) is 8.80. The molecular formula is C22H26N4O2S. The standard InChI is InChI=1S/C22H26N4O2S/c1-26-12-8-15(9-13-26)4-3-10-23-22-24-11-7-18(25-22)20-14-17-16(21(27)28)5-2-6-19(17)29-20/h2,5-7,11,14-15H,3-4,8-10,12-13H2,1H3,(H,27,28)(H,23,24,25). The number of thiophene rings is 1. The number of benzene rings is 1. The maximum absolute atomic E-state index is 11.5. The van der Waals surface area contributed by atoms with Crippen LogP contribution in [-0.4, -0.2) is 52.6 Å². The van der Waals surface area contributed by atoms with Gasteiger partial charge in [-0.3, -0.25) is 0 Å². The molecule has 0 saturated carbocycles. The molecule has 1 aliphatic rings. The summed E-state index contributed by atoms with van der Waals surface area (Å²) < 4.78 is 0.950. The minimum absolute atomic E-state index is 0.325. The van der Waals surface area contributed by atoms with Gasteiger partial charge in [-0.1, -0.05) is 6.07 Å². The largest absolute Gasteiger partial charge is 0.478 e. The number of aromatic carboxylic acids is 1. The van der Waals surface area contributed by atoms with Gasteiger partial charge in [0.05, 0.1) is 16.1 Å². The number of nitrogens with zero attached hydrogens (tertiary/aromatic N) is 3. The van der Waals surface area contributed by atoms with Crippen molar-refractivity contribution in [1.82, 2.24) is 14.9 Å². The number of fused-ring (bicyclic) bond motifs is 1. The molecule has 0 spiro atoms. The number of carboxylic acids is 1. The van der Waals surface area contributed by atoms with E-state index in [4.69, 9.17) is 0 Å². The van der Waals surface area contributed by atoms with Crippen molar-refractivity contribution in [3.63, 3.8) is 0 Å². The van der Waals surface area contributed by atoms with Gasteiger partial charge in [0, 0.05) is 22.8 Å². The van der Waals surface area contributed by atoms with Crippen LogP contribution in [0.3, 0.4) is 0 Å². The highest BCUT2D eigenvalue weighted by Crippen LogP contribution is 2.34. The molecule has 4 rings (SSSR count). The monoisotopic (exact) mass is 410 g/mol. The molecule has 1 aliphatic heterocycles. The molecule has 1 saturated heterocycles. The van der Waals surface area contributed by atoms with Crippen LogP contribution >= 0.6 is 11.3 Å². The van der Waals surface area contributed by atoms with Gasteiger partial charge in [0.25, 0.3) is 0 Å². The molecule has 152 valence electrons. The van der Waals surface area contributed by atoms with Gasteiger partial charge < -0.3 is 15.3 Å². The Morgan fingerprint density at radius 1 is 1.31 bits per heavy atom. The minimum Gasteiger partial charge on any atom is -0.478 e. The van der Waals surface area contributed by atoms with Crippen molar-refractivity contribution >= 4 is 33.3 Å². The molecule has 2 N–H and O–H groups in total. The molecule has 7 heteroatoms. The topological polar surface area (TPSA) is 78.4 Å². The molecule has 1 fully saturated rings. The van der Waals surface area contributed by atoms with E-state index in [2.05, 4.69) is 27.2 Å². The SMILES string of the molecule is CN1CCC(CCCNc2nccc(-c3cc4c(C(=O)O)cccc4s3)n2)CC1. The van der Waals surface area contributed by atoms with Crippen molar-refractivity contribution in [1.29, 1.82) is 0 Å². The molecule has 0 unspecified atom stereocenters. The molecule has 1 aromatic carbocycles. The van der Waals surface area contributed by atoms with Gasteiger partial charge >= 0.3 is 5.97 Å². The predicted octanol–water partition coefficient (Wildman–Crippen LogP) is 4.59. The normalized spacial score (nSPS) is 15.6. The number of aromatic nitrogens is 2. The first-order valence-electron chi connectivity index (χ1n) is 10.1. The fourth-order valence-corrected chi connectivity index (χ4v) is 4.95. The van der Waals surface area contributed by atoms with E-state index in [0.29, 0.717) is 11.5 Å². The van der Waals surface area contributed by atoms with Crippen molar-refractivity contribution in [3.8, 4) is 10.6 Å². The number of hydrogen-bond acceptors (Lipinski definition) is 6. The Morgan fingerprint density at radius 3 is 2.93 bits per heavy atom. The fraction of sp³-hybridized carbons (Fsp3) is 0.409. The van der Waals surface area contributed by atoms with Gasteiger partial charge in [0.1, 0.15) is 0 Å². The molecule has 0 aliphatic carbocycles. The molecule has 0 bridgehead atoms. The molecular weight excluding hydrogens is 384 g/mol. The summed E-state index contributed by atoms with van der Waals surface area (Å²) in [6, 6.07) is 9.14. The van der Waals surface area contributed by atoms with Crippen molar-refractivity contribution in [2.45, 2.75) is 25.7 Å². The Morgan fingerprint density at radius 2 is 2.14 bits per heavy atom. The summed E-state index contributed by atoms with van der Waals surface area (Å²) in [5.41, 5.74) is 1.14. The maximum atomic E-state index is 11.5. The van der Waals surface area contributed by atoms with Crippen LogP contribution in [0.25, 0.3) is 20.7 Å². The lowest BCUT2D eigenvalue weighted by Gasteiger charge is -2.28. The minimum atomic E-state index is -0.908. The molecule has 0 atom stereocenters. The van der Waals surface area contributed by atoms with Crippen LogP contribution in [-0.2, 0) is 0 Å². The Bertz CT molecular complexity index is 995. The number of anilines is 1. The smallest absolute Gasteiger partial charge is 0.336 e. The van der Waals surface area contributed by atoms with Crippen LogP contribution in [0.2, 0.25) is 0 Å². The Balaban J connectivity index is 1.39. The number of nitrogens with one attached hydrogen (secondary N) is 1. The lowest BCUT2D eigenvalue weighted by Crippen LogP contribution is -2.30. The lowest BCUT2D eigenvalue weighted by atomic mass is 9.92. The highest BCUT2D eigenvalue weighted by molar-refractivity contribution is 7.22. The maximum Gasteiger partial charge on any atom is 0.336 e. The van der Waals surface area contributed by atoms with Crippen LogP contribution in [0.15, 0.2) is 36.5 Å². The number of carboxylic acid groups (broad SMARTS) is 1. The summed E-state index contributed by atoms with van der Waals surface area (Å²) in [7, 11) is 2.20. The third kappa shape index (κ3) is 4.74. The van der Waals surface area contributed by atoms with Gasteiger partial charge in [-0.15, -0.1) is 11.3 Å². The first-order chi connectivity index (χ1) is 14.1. The Labute approximate surface area is 174 Å². The Kier molecular flexibility index (Phi) is 6.06. The van der Waals surface area contributed by atoms with E-state index in [1.165, 1.54) is 32.4 Å². The number of hydrogen-bond donors (Lipinski definition) is 2.